The average molecular weight is 347 g/mol. The van der Waals surface area contributed by atoms with Crippen LogP contribution in [0.1, 0.15) is 21.5 Å². The Morgan fingerprint density at radius 2 is 1.83 bits per heavy atom. The number of hydrogen-bond donors (Lipinski definition) is 2. The molecule has 0 spiro atoms. The van der Waals surface area contributed by atoms with Crippen molar-refractivity contribution in [2.75, 3.05) is 25.1 Å². The van der Waals surface area contributed by atoms with Crippen molar-refractivity contribution >= 4 is 24.0 Å². The first-order valence-electron chi connectivity index (χ1n) is 7.83. The molecule has 0 unspecified atom stereocenters. The van der Waals surface area contributed by atoms with Crippen LogP contribution in [0.25, 0.3) is 0 Å². The Morgan fingerprint density at radius 1 is 1.00 bits per heavy atom. The van der Waals surface area contributed by atoms with Crippen LogP contribution < -0.4 is 20.1 Å². The molecule has 2 aromatic carbocycles. The minimum Gasteiger partial charge on any atom is -0.486 e. The Bertz CT molecular complexity index is 764. The number of carbonyl (C=O) groups is 1. The molecule has 2 N–H and O–H groups in total. The third kappa shape index (κ3) is 3.32. The number of anilines is 1. The zero-order valence-electron chi connectivity index (χ0n) is 13.1. The fraction of sp³-hybridized carbons (Fsp3) is 0.278. The molecular formula is C18H19ClN2O3. The standard InChI is InChI=1S/C18H18N2O3.ClH/c21-18(13-2-4-16-17(10-13)23-8-7-22-16)20-15-3-1-12-5-6-19-11-14(12)9-15;/h1-4,9-10,19H,5-8,11H2,(H,20,21);1H. The second-order valence-corrected chi connectivity index (χ2v) is 5.72. The average Bonchev–Trinajstić information content (AvgIpc) is 2.61. The van der Waals surface area contributed by atoms with Crippen molar-refractivity contribution in [2.24, 2.45) is 0 Å². The van der Waals surface area contributed by atoms with E-state index in [9.17, 15) is 4.79 Å². The van der Waals surface area contributed by atoms with Crippen LogP contribution in [-0.4, -0.2) is 25.7 Å². The number of amides is 1. The van der Waals surface area contributed by atoms with Crippen LogP contribution in [0.4, 0.5) is 5.69 Å². The van der Waals surface area contributed by atoms with Crippen molar-refractivity contribution < 1.29 is 14.3 Å². The van der Waals surface area contributed by atoms with E-state index >= 15 is 0 Å². The number of hydrogen-bond acceptors (Lipinski definition) is 4. The molecule has 0 aliphatic carbocycles. The van der Waals surface area contributed by atoms with Gasteiger partial charge in [0.2, 0.25) is 0 Å². The molecule has 2 aliphatic rings. The van der Waals surface area contributed by atoms with E-state index in [1.165, 1.54) is 11.1 Å². The van der Waals surface area contributed by atoms with E-state index in [-0.39, 0.29) is 18.3 Å². The fourth-order valence-electron chi connectivity index (χ4n) is 2.95. The van der Waals surface area contributed by atoms with Gasteiger partial charge in [-0.25, -0.2) is 0 Å². The number of benzene rings is 2. The number of fused-ring (bicyclic) bond motifs is 2. The van der Waals surface area contributed by atoms with E-state index in [1.54, 1.807) is 18.2 Å². The Balaban J connectivity index is 0.00000169. The van der Waals surface area contributed by atoms with Gasteiger partial charge in [0.1, 0.15) is 13.2 Å². The first-order valence-corrected chi connectivity index (χ1v) is 7.83. The van der Waals surface area contributed by atoms with Gasteiger partial charge in [-0.2, -0.15) is 0 Å². The topological polar surface area (TPSA) is 59.6 Å². The maximum absolute atomic E-state index is 12.4. The second-order valence-electron chi connectivity index (χ2n) is 5.72. The van der Waals surface area contributed by atoms with Crippen LogP contribution in [0, 0.1) is 0 Å². The number of halogens is 1. The van der Waals surface area contributed by atoms with E-state index in [4.69, 9.17) is 9.47 Å². The van der Waals surface area contributed by atoms with Crippen LogP contribution in [0.5, 0.6) is 11.5 Å². The summed E-state index contributed by atoms with van der Waals surface area (Å²) in [6.45, 7) is 2.91. The first-order chi connectivity index (χ1) is 11.3. The van der Waals surface area contributed by atoms with Crippen LogP contribution in [-0.2, 0) is 13.0 Å². The summed E-state index contributed by atoms with van der Waals surface area (Å²) in [4.78, 5) is 12.4. The van der Waals surface area contributed by atoms with Gasteiger partial charge in [-0.3, -0.25) is 4.79 Å². The predicted molar refractivity (Wildman–Crippen MR) is 94.5 cm³/mol. The van der Waals surface area contributed by atoms with E-state index in [0.29, 0.717) is 30.3 Å². The fourth-order valence-corrected chi connectivity index (χ4v) is 2.95. The first kappa shape index (κ1) is 16.6. The number of nitrogens with one attached hydrogen (secondary N) is 2. The highest BCUT2D eigenvalue weighted by Crippen LogP contribution is 2.31. The Kier molecular flexibility index (Phi) is 4.92. The summed E-state index contributed by atoms with van der Waals surface area (Å²) in [5.74, 6) is 1.16. The van der Waals surface area contributed by atoms with Crippen molar-refractivity contribution in [3.8, 4) is 11.5 Å². The van der Waals surface area contributed by atoms with Crippen LogP contribution in [0.2, 0.25) is 0 Å². The molecule has 0 aromatic heterocycles. The maximum atomic E-state index is 12.4. The second kappa shape index (κ2) is 7.11. The molecule has 0 saturated carbocycles. The summed E-state index contributed by atoms with van der Waals surface area (Å²) in [7, 11) is 0. The molecule has 0 radical (unpaired) electrons. The van der Waals surface area contributed by atoms with Crippen LogP contribution in [0.15, 0.2) is 36.4 Å². The zero-order chi connectivity index (χ0) is 15.6. The monoisotopic (exact) mass is 346 g/mol. The van der Waals surface area contributed by atoms with Gasteiger partial charge in [-0.1, -0.05) is 6.07 Å². The van der Waals surface area contributed by atoms with Gasteiger partial charge in [0.25, 0.3) is 5.91 Å². The van der Waals surface area contributed by atoms with Gasteiger partial charge >= 0.3 is 0 Å². The molecule has 6 heteroatoms. The molecule has 2 aliphatic heterocycles. The third-order valence-electron chi connectivity index (χ3n) is 4.16. The lowest BCUT2D eigenvalue weighted by molar-refractivity contribution is 0.102. The molecular weight excluding hydrogens is 328 g/mol. The highest BCUT2D eigenvalue weighted by molar-refractivity contribution is 6.04. The number of carbonyl (C=O) groups excluding carboxylic acids is 1. The molecule has 24 heavy (non-hydrogen) atoms. The van der Waals surface area contributed by atoms with Crippen LogP contribution in [0.3, 0.4) is 0 Å². The predicted octanol–water partition coefficient (Wildman–Crippen LogP) is 2.78. The van der Waals surface area contributed by atoms with Crippen molar-refractivity contribution in [1.82, 2.24) is 5.32 Å². The summed E-state index contributed by atoms with van der Waals surface area (Å²) in [6, 6.07) is 11.3. The minimum atomic E-state index is -0.148. The molecule has 5 nitrogen and oxygen atoms in total. The van der Waals surface area contributed by atoms with E-state index in [1.807, 2.05) is 12.1 Å². The lowest BCUT2D eigenvalue weighted by Gasteiger charge is -2.19. The lowest BCUT2D eigenvalue weighted by atomic mass is 10.0. The van der Waals surface area contributed by atoms with Gasteiger partial charge in [0.05, 0.1) is 0 Å². The minimum absolute atomic E-state index is 0. The highest BCUT2D eigenvalue weighted by atomic mass is 35.5. The number of rotatable bonds is 2. The van der Waals surface area contributed by atoms with Gasteiger partial charge in [0.15, 0.2) is 11.5 Å². The maximum Gasteiger partial charge on any atom is 0.255 e. The Labute approximate surface area is 146 Å². The summed E-state index contributed by atoms with van der Waals surface area (Å²) in [5.41, 5.74) is 3.97. The molecule has 0 bridgehead atoms. The van der Waals surface area contributed by atoms with Crippen molar-refractivity contribution in [1.29, 1.82) is 0 Å². The summed E-state index contributed by atoms with van der Waals surface area (Å²) in [6.07, 6.45) is 1.03. The molecule has 126 valence electrons. The smallest absolute Gasteiger partial charge is 0.255 e. The highest BCUT2D eigenvalue weighted by Gasteiger charge is 2.16. The zero-order valence-corrected chi connectivity index (χ0v) is 13.9. The van der Waals surface area contributed by atoms with Gasteiger partial charge in [-0.15, -0.1) is 12.4 Å². The van der Waals surface area contributed by atoms with Gasteiger partial charge in [-0.05, 0) is 54.4 Å². The molecule has 2 aromatic rings. The quantitative estimate of drug-likeness (QED) is 0.878. The molecule has 0 fully saturated rings. The third-order valence-corrected chi connectivity index (χ3v) is 4.16. The van der Waals surface area contributed by atoms with Gasteiger partial charge in [0, 0.05) is 17.8 Å². The molecule has 2 heterocycles. The van der Waals surface area contributed by atoms with E-state index < -0.39 is 0 Å². The van der Waals surface area contributed by atoms with Crippen molar-refractivity contribution in [2.45, 2.75) is 13.0 Å². The SMILES string of the molecule is Cl.O=C(Nc1ccc2c(c1)CNCC2)c1ccc2c(c1)OCCO2. The molecule has 4 rings (SSSR count). The largest absolute Gasteiger partial charge is 0.486 e. The summed E-state index contributed by atoms with van der Waals surface area (Å²) in [5, 5.41) is 6.30. The van der Waals surface area contributed by atoms with E-state index in [0.717, 1.165) is 25.2 Å². The molecule has 0 saturated heterocycles. The number of ether oxygens (including phenoxy) is 2. The molecule has 0 atom stereocenters. The summed E-state index contributed by atoms with van der Waals surface area (Å²) < 4.78 is 11.0. The normalized spacial score (nSPS) is 15.0. The van der Waals surface area contributed by atoms with Crippen molar-refractivity contribution in [3.05, 3.63) is 53.1 Å². The van der Waals surface area contributed by atoms with Gasteiger partial charge < -0.3 is 20.1 Å². The lowest BCUT2D eigenvalue weighted by Crippen LogP contribution is -2.23. The van der Waals surface area contributed by atoms with E-state index in [2.05, 4.69) is 16.7 Å². The Hall–Kier alpha value is -2.24. The molecule has 1 amide bonds. The Morgan fingerprint density at radius 3 is 2.71 bits per heavy atom. The van der Waals surface area contributed by atoms with Crippen molar-refractivity contribution in [3.63, 3.8) is 0 Å². The van der Waals surface area contributed by atoms with Crippen LogP contribution >= 0.6 is 12.4 Å². The summed E-state index contributed by atoms with van der Waals surface area (Å²) >= 11 is 0.